The molecule has 0 radical (unpaired) electrons. The Morgan fingerprint density at radius 1 is 1.44 bits per heavy atom. The van der Waals surface area contributed by atoms with Crippen LogP contribution in [-0.2, 0) is 7.05 Å². The number of hydrogen-bond acceptors (Lipinski definition) is 3. The van der Waals surface area contributed by atoms with Gasteiger partial charge in [0.25, 0.3) is 0 Å². The summed E-state index contributed by atoms with van der Waals surface area (Å²) in [6.07, 6.45) is 1.03. The molecule has 0 bridgehead atoms. The second-order valence-electron chi connectivity index (χ2n) is 3.77. The number of pyridine rings is 1. The van der Waals surface area contributed by atoms with Crippen molar-refractivity contribution in [3.8, 4) is 0 Å². The van der Waals surface area contributed by atoms with Crippen LogP contribution in [0.5, 0.6) is 0 Å². The first-order valence-electron chi connectivity index (χ1n) is 4.84. The molecular formula is C11H8F2N2O3. The molecule has 94 valence electrons. The fourth-order valence-corrected chi connectivity index (χ4v) is 1.76. The van der Waals surface area contributed by atoms with Gasteiger partial charge in [-0.05, 0) is 0 Å². The van der Waals surface area contributed by atoms with Crippen molar-refractivity contribution in [2.24, 2.45) is 7.05 Å². The number of aromatic nitrogens is 1. The molecule has 0 fully saturated rings. The number of carboxylic acids is 1. The van der Waals surface area contributed by atoms with Crippen molar-refractivity contribution in [2.75, 3.05) is 5.73 Å². The van der Waals surface area contributed by atoms with E-state index in [9.17, 15) is 18.4 Å². The Bertz CT molecular complexity index is 737. The maximum absolute atomic E-state index is 13.3. The van der Waals surface area contributed by atoms with Gasteiger partial charge in [-0.3, -0.25) is 4.79 Å². The van der Waals surface area contributed by atoms with Crippen LogP contribution in [0, 0.1) is 11.6 Å². The molecule has 1 aromatic heterocycles. The van der Waals surface area contributed by atoms with E-state index in [0.717, 1.165) is 12.3 Å². The summed E-state index contributed by atoms with van der Waals surface area (Å²) in [7, 11) is 1.41. The van der Waals surface area contributed by atoms with Gasteiger partial charge in [0.1, 0.15) is 5.56 Å². The van der Waals surface area contributed by atoms with Crippen LogP contribution in [0.2, 0.25) is 0 Å². The van der Waals surface area contributed by atoms with Crippen LogP contribution >= 0.6 is 0 Å². The number of aromatic carboxylic acids is 1. The predicted molar refractivity (Wildman–Crippen MR) is 60.5 cm³/mol. The Balaban J connectivity index is 3.10. The van der Waals surface area contributed by atoms with Gasteiger partial charge < -0.3 is 15.4 Å². The Morgan fingerprint density at radius 3 is 2.61 bits per heavy atom. The van der Waals surface area contributed by atoms with Crippen molar-refractivity contribution in [1.29, 1.82) is 0 Å². The Labute approximate surface area is 99.1 Å². The van der Waals surface area contributed by atoms with Crippen LogP contribution in [0.25, 0.3) is 10.9 Å². The lowest BCUT2D eigenvalue weighted by Crippen LogP contribution is -2.19. The molecule has 0 unspecified atom stereocenters. The molecule has 0 aliphatic heterocycles. The molecule has 0 aliphatic rings. The van der Waals surface area contributed by atoms with Gasteiger partial charge in [-0.25, -0.2) is 13.6 Å². The fraction of sp³-hybridized carbons (Fsp3) is 0.0909. The van der Waals surface area contributed by atoms with E-state index >= 15 is 0 Å². The molecule has 0 saturated carbocycles. The minimum Gasteiger partial charge on any atom is -0.477 e. The first-order valence-corrected chi connectivity index (χ1v) is 4.84. The van der Waals surface area contributed by atoms with E-state index in [-0.39, 0.29) is 10.9 Å². The maximum Gasteiger partial charge on any atom is 0.341 e. The van der Waals surface area contributed by atoms with Gasteiger partial charge in [0.05, 0.1) is 16.6 Å². The van der Waals surface area contributed by atoms with Crippen LogP contribution < -0.4 is 11.2 Å². The number of carboxylic acid groups (broad SMARTS) is 1. The zero-order valence-corrected chi connectivity index (χ0v) is 9.20. The van der Waals surface area contributed by atoms with Crippen LogP contribution in [0.3, 0.4) is 0 Å². The van der Waals surface area contributed by atoms with Gasteiger partial charge in [0, 0.05) is 19.3 Å². The van der Waals surface area contributed by atoms with Gasteiger partial charge in [0.2, 0.25) is 5.43 Å². The molecule has 0 amide bonds. The number of nitrogens with zero attached hydrogens (tertiary/aromatic N) is 1. The number of anilines is 1. The average molecular weight is 254 g/mol. The first kappa shape index (κ1) is 12.0. The van der Waals surface area contributed by atoms with Crippen molar-refractivity contribution in [3.63, 3.8) is 0 Å². The summed E-state index contributed by atoms with van der Waals surface area (Å²) in [5, 5.41) is 8.51. The van der Waals surface area contributed by atoms with Crippen molar-refractivity contribution in [2.45, 2.75) is 0 Å². The van der Waals surface area contributed by atoms with Gasteiger partial charge in [-0.1, -0.05) is 0 Å². The molecule has 1 heterocycles. The minimum atomic E-state index is -1.46. The van der Waals surface area contributed by atoms with E-state index in [1.807, 2.05) is 0 Å². The SMILES string of the molecule is Cn1cc(C(=O)O)c(=O)c2c(N)c(F)c(F)cc21. The highest BCUT2D eigenvalue weighted by Crippen LogP contribution is 2.23. The molecule has 7 heteroatoms. The first-order chi connectivity index (χ1) is 8.34. The molecule has 0 saturated heterocycles. The standard InChI is InChI=1S/C11H8F2N2O3/c1-15-3-4(11(17)18)10(16)7-6(15)2-5(12)8(13)9(7)14/h2-3H,14H2,1H3,(H,17,18). The molecule has 0 spiro atoms. The molecular weight excluding hydrogens is 246 g/mol. The van der Waals surface area contributed by atoms with Crippen LogP contribution in [0.4, 0.5) is 14.5 Å². The monoisotopic (exact) mass is 254 g/mol. The van der Waals surface area contributed by atoms with Crippen LogP contribution in [0.1, 0.15) is 10.4 Å². The summed E-state index contributed by atoms with van der Waals surface area (Å²) >= 11 is 0. The summed E-state index contributed by atoms with van der Waals surface area (Å²) < 4.78 is 27.7. The Hall–Kier alpha value is -2.44. The maximum atomic E-state index is 13.3. The van der Waals surface area contributed by atoms with Gasteiger partial charge in [0.15, 0.2) is 11.6 Å². The summed E-state index contributed by atoms with van der Waals surface area (Å²) in [6, 6.07) is 0.800. The van der Waals surface area contributed by atoms with Crippen LogP contribution in [0.15, 0.2) is 17.1 Å². The highest BCUT2D eigenvalue weighted by molar-refractivity contribution is 5.97. The quantitative estimate of drug-likeness (QED) is 0.746. The number of benzene rings is 1. The number of fused-ring (bicyclic) bond motifs is 1. The molecule has 1 aromatic carbocycles. The smallest absolute Gasteiger partial charge is 0.341 e. The number of halogens is 2. The van der Waals surface area contributed by atoms with E-state index in [4.69, 9.17) is 10.8 Å². The van der Waals surface area contributed by atoms with Crippen molar-refractivity contribution in [1.82, 2.24) is 4.57 Å². The second kappa shape index (κ2) is 3.80. The Morgan fingerprint density at radius 2 is 2.06 bits per heavy atom. The Kier molecular flexibility index (Phi) is 2.54. The number of aryl methyl sites for hydroxylation is 1. The predicted octanol–water partition coefficient (Wildman–Crippen LogP) is 1.10. The van der Waals surface area contributed by atoms with E-state index in [2.05, 4.69) is 0 Å². The zero-order valence-electron chi connectivity index (χ0n) is 9.20. The molecule has 0 atom stereocenters. The van der Waals surface area contributed by atoms with Gasteiger partial charge in [-0.15, -0.1) is 0 Å². The largest absolute Gasteiger partial charge is 0.477 e. The number of carbonyl (C=O) groups is 1. The summed E-state index contributed by atoms with van der Waals surface area (Å²) in [5.74, 6) is -4.01. The lowest BCUT2D eigenvalue weighted by molar-refractivity contribution is 0.0695. The lowest BCUT2D eigenvalue weighted by Gasteiger charge is -2.10. The molecule has 2 aromatic rings. The van der Waals surface area contributed by atoms with Crippen molar-refractivity contribution < 1.29 is 18.7 Å². The number of nitrogen functional groups attached to an aromatic ring is 1. The van der Waals surface area contributed by atoms with Crippen molar-refractivity contribution in [3.05, 3.63) is 39.7 Å². The highest BCUT2D eigenvalue weighted by atomic mass is 19.2. The van der Waals surface area contributed by atoms with Gasteiger partial charge in [-0.2, -0.15) is 0 Å². The number of hydrogen-bond donors (Lipinski definition) is 2. The van der Waals surface area contributed by atoms with E-state index in [1.54, 1.807) is 0 Å². The molecule has 18 heavy (non-hydrogen) atoms. The third kappa shape index (κ3) is 1.52. The third-order valence-electron chi connectivity index (χ3n) is 2.64. The third-order valence-corrected chi connectivity index (χ3v) is 2.64. The van der Waals surface area contributed by atoms with E-state index < -0.39 is 34.3 Å². The van der Waals surface area contributed by atoms with Crippen LogP contribution in [-0.4, -0.2) is 15.6 Å². The number of rotatable bonds is 1. The zero-order chi connectivity index (χ0) is 13.6. The summed E-state index contributed by atoms with van der Waals surface area (Å²) in [6.45, 7) is 0. The van der Waals surface area contributed by atoms with E-state index in [1.165, 1.54) is 11.6 Å². The van der Waals surface area contributed by atoms with Gasteiger partial charge >= 0.3 is 5.97 Å². The highest BCUT2D eigenvalue weighted by Gasteiger charge is 2.19. The minimum absolute atomic E-state index is 0.0291. The molecule has 0 aliphatic carbocycles. The average Bonchev–Trinajstić information content (AvgIpc) is 2.30. The second-order valence-corrected chi connectivity index (χ2v) is 3.77. The molecule has 5 nitrogen and oxygen atoms in total. The lowest BCUT2D eigenvalue weighted by atomic mass is 10.1. The van der Waals surface area contributed by atoms with Crippen molar-refractivity contribution >= 4 is 22.6 Å². The van der Waals surface area contributed by atoms with E-state index in [0.29, 0.717) is 0 Å². The fourth-order valence-electron chi connectivity index (χ4n) is 1.76. The normalized spacial score (nSPS) is 10.8. The molecule has 2 rings (SSSR count). The summed E-state index contributed by atoms with van der Waals surface area (Å²) in [4.78, 5) is 22.7. The summed E-state index contributed by atoms with van der Waals surface area (Å²) in [5.41, 5.74) is 3.19. The topological polar surface area (TPSA) is 85.3 Å². The molecule has 3 N–H and O–H groups in total. The number of nitrogens with two attached hydrogens (primary N) is 1.